The van der Waals surface area contributed by atoms with Gasteiger partial charge in [0.1, 0.15) is 4.90 Å². The van der Waals surface area contributed by atoms with Crippen LogP contribution in [0, 0.1) is 0 Å². The third-order valence-corrected chi connectivity index (χ3v) is 4.36. The Labute approximate surface area is 141 Å². The highest BCUT2D eigenvalue weighted by atomic mass is 32.2. The second kappa shape index (κ2) is 7.01. The molecule has 0 aromatic heterocycles. The van der Waals surface area contributed by atoms with Gasteiger partial charge in [0.2, 0.25) is 0 Å². The van der Waals surface area contributed by atoms with E-state index in [-0.39, 0.29) is 5.56 Å². The molecule has 0 amide bonds. The number of carbonyl (C=O) groups excluding carboxylic acids is 1. The predicted octanol–water partition coefficient (Wildman–Crippen LogP) is 3.17. The smallest absolute Gasteiger partial charge is 0.465 e. The number of para-hydroxylation sites is 2. The standard InChI is InChI=1S/C15H12F3NO5S/c1-23-14(20)10-6-2-5-9-13(10)25(21,22)19-11-7-3-4-8-12(11)24-15(16,17)18/h2-9,19H,1H3. The van der Waals surface area contributed by atoms with Crippen molar-refractivity contribution in [3.63, 3.8) is 0 Å². The maximum absolute atomic E-state index is 12.5. The van der Waals surface area contributed by atoms with Gasteiger partial charge in [0.15, 0.2) is 5.75 Å². The van der Waals surface area contributed by atoms with Crippen molar-refractivity contribution in [1.29, 1.82) is 0 Å². The summed E-state index contributed by atoms with van der Waals surface area (Å²) in [4.78, 5) is 11.3. The van der Waals surface area contributed by atoms with Crippen molar-refractivity contribution in [2.45, 2.75) is 11.3 Å². The summed E-state index contributed by atoms with van der Waals surface area (Å²) in [5.74, 6) is -1.63. The Morgan fingerprint density at radius 2 is 1.64 bits per heavy atom. The zero-order valence-corrected chi connectivity index (χ0v) is 13.5. The summed E-state index contributed by atoms with van der Waals surface area (Å²) in [6.07, 6.45) is -4.99. The molecule has 2 aromatic carbocycles. The van der Waals surface area contributed by atoms with Crippen LogP contribution < -0.4 is 9.46 Å². The monoisotopic (exact) mass is 375 g/mol. The maximum Gasteiger partial charge on any atom is 0.573 e. The van der Waals surface area contributed by atoms with E-state index in [9.17, 15) is 26.4 Å². The molecule has 0 unspecified atom stereocenters. The molecule has 1 N–H and O–H groups in total. The van der Waals surface area contributed by atoms with Gasteiger partial charge in [-0.25, -0.2) is 13.2 Å². The van der Waals surface area contributed by atoms with Gasteiger partial charge < -0.3 is 9.47 Å². The van der Waals surface area contributed by atoms with Crippen LogP contribution in [0.5, 0.6) is 5.75 Å². The number of hydrogen-bond donors (Lipinski definition) is 1. The van der Waals surface area contributed by atoms with Gasteiger partial charge in [0.05, 0.1) is 18.4 Å². The zero-order valence-electron chi connectivity index (χ0n) is 12.7. The Bertz CT molecular complexity index is 881. The molecule has 0 saturated heterocycles. The highest BCUT2D eigenvalue weighted by Crippen LogP contribution is 2.32. The van der Waals surface area contributed by atoms with E-state index in [2.05, 4.69) is 9.47 Å². The first-order valence-electron chi connectivity index (χ1n) is 6.69. The molecule has 0 atom stereocenters. The van der Waals surface area contributed by atoms with Gasteiger partial charge >= 0.3 is 12.3 Å². The molecular formula is C15H12F3NO5S. The normalized spacial score (nSPS) is 11.7. The Kier molecular flexibility index (Phi) is 5.21. The summed E-state index contributed by atoms with van der Waals surface area (Å²) >= 11 is 0. The maximum atomic E-state index is 12.5. The Morgan fingerprint density at radius 3 is 2.28 bits per heavy atom. The van der Waals surface area contributed by atoms with Crippen molar-refractivity contribution >= 4 is 21.7 Å². The number of carbonyl (C=O) groups is 1. The van der Waals surface area contributed by atoms with E-state index in [0.717, 1.165) is 25.3 Å². The molecule has 0 heterocycles. The minimum absolute atomic E-state index is 0.258. The fourth-order valence-electron chi connectivity index (χ4n) is 1.94. The summed E-state index contributed by atoms with van der Waals surface area (Å²) in [5.41, 5.74) is -0.689. The summed E-state index contributed by atoms with van der Waals surface area (Å²) in [6.45, 7) is 0. The lowest BCUT2D eigenvalue weighted by Crippen LogP contribution is -2.21. The van der Waals surface area contributed by atoms with Gasteiger partial charge in [-0.1, -0.05) is 24.3 Å². The van der Waals surface area contributed by atoms with Gasteiger partial charge in [-0.2, -0.15) is 0 Å². The van der Waals surface area contributed by atoms with E-state index in [1.807, 2.05) is 4.72 Å². The average molecular weight is 375 g/mol. The second-order valence-corrected chi connectivity index (χ2v) is 6.29. The van der Waals surface area contributed by atoms with Crippen LogP contribution in [0.2, 0.25) is 0 Å². The predicted molar refractivity (Wildman–Crippen MR) is 81.7 cm³/mol. The summed E-state index contributed by atoms with van der Waals surface area (Å²) in [5, 5.41) is 0. The molecule has 0 aliphatic rings. The number of esters is 1. The number of nitrogens with one attached hydrogen (secondary N) is 1. The molecule has 10 heteroatoms. The summed E-state index contributed by atoms with van der Waals surface area (Å²) in [6, 6.07) is 9.76. The molecule has 0 saturated carbocycles. The van der Waals surface area contributed by atoms with Crippen LogP contribution in [0.1, 0.15) is 10.4 Å². The van der Waals surface area contributed by atoms with Crippen LogP contribution >= 0.6 is 0 Å². The minimum Gasteiger partial charge on any atom is -0.465 e. The SMILES string of the molecule is COC(=O)c1ccccc1S(=O)(=O)Nc1ccccc1OC(F)(F)F. The van der Waals surface area contributed by atoms with Gasteiger partial charge in [0.25, 0.3) is 10.0 Å². The van der Waals surface area contributed by atoms with Crippen molar-refractivity contribution in [3.8, 4) is 5.75 Å². The fourth-order valence-corrected chi connectivity index (χ4v) is 3.21. The number of anilines is 1. The van der Waals surface area contributed by atoms with Crippen LogP contribution in [0.3, 0.4) is 0 Å². The molecule has 0 bridgehead atoms. The van der Waals surface area contributed by atoms with Crippen molar-refractivity contribution in [1.82, 2.24) is 0 Å². The molecule has 25 heavy (non-hydrogen) atoms. The Hall–Kier alpha value is -2.75. The molecule has 0 spiro atoms. The first kappa shape index (κ1) is 18.6. The fraction of sp³-hybridized carbons (Fsp3) is 0.133. The number of methoxy groups -OCH3 is 1. The molecule has 134 valence electrons. The van der Waals surface area contributed by atoms with Crippen LogP contribution in [-0.4, -0.2) is 27.9 Å². The lowest BCUT2D eigenvalue weighted by molar-refractivity contribution is -0.274. The van der Waals surface area contributed by atoms with Gasteiger partial charge in [-0.15, -0.1) is 13.2 Å². The zero-order chi connectivity index (χ0) is 18.7. The van der Waals surface area contributed by atoms with Crippen LogP contribution in [0.15, 0.2) is 53.4 Å². The molecule has 0 aliphatic carbocycles. The van der Waals surface area contributed by atoms with Crippen LogP contribution in [0.25, 0.3) is 0 Å². The van der Waals surface area contributed by atoms with Crippen LogP contribution in [0.4, 0.5) is 18.9 Å². The van der Waals surface area contributed by atoms with Crippen molar-refractivity contribution in [2.75, 3.05) is 11.8 Å². The van der Waals surface area contributed by atoms with E-state index in [1.54, 1.807) is 0 Å². The highest BCUT2D eigenvalue weighted by molar-refractivity contribution is 7.92. The third kappa shape index (κ3) is 4.63. The number of ether oxygens (including phenoxy) is 2. The molecule has 6 nitrogen and oxygen atoms in total. The topological polar surface area (TPSA) is 81.7 Å². The second-order valence-electron chi connectivity index (χ2n) is 4.64. The third-order valence-electron chi connectivity index (χ3n) is 2.94. The molecule has 2 aromatic rings. The first-order valence-corrected chi connectivity index (χ1v) is 8.17. The Morgan fingerprint density at radius 1 is 1.04 bits per heavy atom. The number of halogens is 3. The number of rotatable bonds is 5. The van der Waals surface area contributed by atoms with Crippen molar-refractivity contribution in [2.24, 2.45) is 0 Å². The highest BCUT2D eigenvalue weighted by Gasteiger charge is 2.33. The van der Waals surface area contributed by atoms with E-state index in [1.165, 1.54) is 30.3 Å². The van der Waals surface area contributed by atoms with Gasteiger partial charge in [-0.3, -0.25) is 4.72 Å². The van der Waals surface area contributed by atoms with Gasteiger partial charge in [0, 0.05) is 0 Å². The molecule has 0 radical (unpaired) electrons. The van der Waals surface area contributed by atoms with E-state index < -0.39 is 38.7 Å². The quantitative estimate of drug-likeness (QED) is 0.812. The van der Waals surface area contributed by atoms with Crippen molar-refractivity contribution in [3.05, 3.63) is 54.1 Å². The molecule has 0 fully saturated rings. The number of sulfonamides is 1. The number of benzene rings is 2. The lowest BCUT2D eigenvalue weighted by atomic mass is 10.2. The largest absolute Gasteiger partial charge is 0.573 e. The Balaban J connectivity index is 2.43. The minimum atomic E-state index is -4.99. The average Bonchev–Trinajstić information content (AvgIpc) is 2.54. The first-order chi connectivity index (χ1) is 11.6. The van der Waals surface area contributed by atoms with E-state index >= 15 is 0 Å². The molecular weight excluding hydrogens is 363 g/mol. The number of hydrogen-bond acceptors (Lipinski definition) is 5. The van der Waals surface area contributed by atoms with E-state index in [4.69, 9.17) is 0 Å². The van der Waals surface area contributed by atoms with Gasteiger partial charge in [-0.05, 0) is 24.3 Å². The number of alkyl halides is 3. The summed E-state index contributed by atoms with van der Waals surface area (Å²) < 4.78 is 72.6. The molecule has 2 rings (SSSR count). The molecule has 0 aliphatic heterocycles. The van der Waals surface area contributed by atoms with Crippen LogP contribution in [-0.2, 0) is 14.8 Å². The van der Waals surface area contributed by atoms with E-state index in [0.29, 0.717) is 0 Å². The van der Waals surface area contributed by atoms with Crippen molar-refractivity contribution < 1.29 is 35.9 Å². The summed E-state index contributed by atoms with van der Waals surface area (Å²) in [7, 11) is -3.30. The lowest BCUT2D eigenvalue weighted by Gasteiger charge is -2.15.